The van der Waals surface area contributed by atoms with Gasteiger partial charge in [0.2, 0.25) is 0 Å². The van der Waals surface area contributed by atoms with Gasteiger partial charge in [-0.05, 0) is 0 Å². The predicted octanol–water partition coefficient (Wildman–Crippen LogP) is 3.01. The van der Waals surface area contributed by atoms with Gasteiger partial charge in [-0.3, -0.25) is 0 Å². The van der Waals surface area contributed by atoms with Crippen molar-refractivity contribution in [2.24, 2.45) is 0 Å². The summed E-state index contributed by atoms with van der Waals surface area (Å²) in [6, 6.07) is 30.2. The van der Waals surface area contributed by atoms with Crippen LogP contribution in [0.25, 0.3) is 11.1 Å². The molecular weight excluding hydrogens is 291 g/mol. The van der Waals surface area contributed by atoms with Crippen molar-refractivity contribution in [1.82, 2.24) is 0 Å². The molecule has 0 aliphatic carbocycles. The van der Waals surface area contributed by atoms with E-state index in [0.29, 0.717) is 0 Å². The van der Waals surface area contributed by atoms with Gasteiger partial charge in [0.05, 0.1) is 0 Å². The van der Waals surface area contributed by atoms with Crippen LogP contribution < -0.4 is 8.70 Å². The Morgan fingerprint density at radius 3 is 1.53 bits per heavy atom. The van der Waals surface area contributed by atoms with E-state index in [2.05, 4.69) is 84.9 Å². The summed E-state index contributed by atoms with van der Waals surface area (Å²) in [4.78, 5) is 0. The van der Waals surface area contributed by atoms with Gasteiger partial charge in [0.25, 0.3) is 0 Å². The van der Waals surface area contributed by atoms with Gasteiger partial charge in [0, 0.05) is 0 Å². The Hall–Kier alpha value is -1.78. The van der Waals surface area contributed by atoms with E-state index >= 15 is 0 Å². The average molecular weight is 305 g/mol. The first-order valence-corrected chi connectivity index (χ1v) is 8.22. The Morgan fingerprint density at radius 1 is 0.421 bits per heavy atom. The zero-order valence-electron chi connectivity index (χ0n) is 10.5. The molecular formula is C18H14As. The van der Waals surface area contributed by atoms with E-state index in [1.807, 2.05) is 0 Å². The molecule has 0 nitrogen and oxygen atoms in total. The van der Waals surface area contributed by atoms with Gasteiger partial charge in [-0.15, -0.1) is 0 Å². The molecule has 0 fully saturated rings. The maximum atomic E-state index is 2.26. The van der Waals surface area contributed by atoms with Crippen LogP contribution in [0, 0.1) is 0 Å². The molecule has 3 aromatic rings. The van der Waals surface area contributed by atoms with Crippen LogP contribution in [0.3, 0.4) is 0 Å². The van der Waals surface area contributed by atoms with Crippen LogP contribution in [0.15, 0.2) is 84.9 Å². The fourth-order valence-electron chi connectivity index (χ4n) is 2.01. The molecule has 0 aliphatic heterocycles. The zero-order chi connectivity index (χ0) is 12.9. The van der Waals surface area contributed by atoms with E-state index in [0.717, 1.165) is 0 Å². The molecule has 0 bridgehead atoms. The SMILES string of the molecule is c1ccc([As]c2ccc(-c3ccccc3)cc2)cc1. The van der Waals surface area contributed by atoms with Gasteiger partial charge >= 0.3 is 121 Å². The summed E-state index contributed by atoms with van der Waals surface area (Å²) in [5.74, 6) is 0. The van der Waals surface area contributed by atoms with Crippen LogP contribution in [-0.2, 0) is 0 Å². The topological polar surface area (TPSA) is 0 Å². The quantitative estimate of drug-likeness (QED) is 0.653. The molecule has 0 spiro atoms. The van der Waals surface area contributed by atoms with Gasteiger partial charge in [-0.25, -0.2) is 0 Å². The number of hydrogen-bond donors (Lipinski definition) is 0. The van der Waals surface area contributed by atoms with Gasteiger partial charge in [-0.1, -0.05) is 0 Å². The van der Waals surface area contributed by atoms with E-state index in [4.69, 9.17) is 0 Å². The normalized spacial score (nSPS) is 10.9. The summed E-state index contributed by atoms with van der Waals surface area (Å²) in [5, 5.41) is 0. The van der Waals surface area contributed by atoms with Crippen LogP contribution in [0.1, 0.15) is 0 Å². The summed E-state index contributed by atoms with van der Waals surface area (Å²) >= 11 is 0.101. The van der Waals surface area contributed by atoms with E-state index in [1.165, 1.54) is 19.8 Å². The molecule has 3 rings (SSSR count). The monoisotopic (exact) mass is 305 g/mol. The molecule has 3 aromatic carbocycles. The first-order chi connectivity index (χ1) is 9.42. The minimum atomic E-state index is 0.101. The van der Waals surface area contributed by atoms with Crippen molar-refractivity contribution in [1.29, 1.82) is 0 Å². The van der Waals surface area contributed by atoms with Gasteiger partial charge < -0.3 is 0 Å². The molecule has 91 valence electrons. The third kappa shape index (κ3) is 3.16. The molecule has 0 saturated carbocycles. The fourth-order valence-corrected chi connectivity index (χ4v) is 3.94. The third-order valence-electron chi connectivity index (χ3n) is 2.99. The number of benzene rings is 3. The Labute approximate surface area is 120 Å². The third-order valence-corrected chi connectivity index (χ3v) is 5.32. The second-order valence-electron chi connectivity index (χ2n) is 4.36. The van der Waals surface area contributed by atoms with E-state index in [9.17, 15) is 0 Å². The second-order valence-corrected chi connectivity index (χ2v) is 7.00. The van der Waals surface area contributed by atoms with Crippen molar-refractivity contribution in [3.8, 4) is 11.1 Å². The predicted molar refractivity (Wildman–Crippen MR) is 83.3 cm³/mol. The summed E-state index contributed by atoms with van der Waals surface area (Å²) < 4.78 is 2.90. The van der Waals surface area contributed by atoms with Crippen LogP contribution in [0.4, 0.5) is 0 Å². The summed E-state index contributed by atoms with van der Waals surface area (Å²) in [7, 11) is 0. The van der Waals surface area contributed by atoms with Crippen molar-refractivity contribution in [3.05, 3.63) is 84.9 Å². The fraction of sp³-hybridized carbons (Fsp3) is 0. The van der Waals surface area contributed by atoms with Gasteiger partial charge in [0.15, 0.2) is 0 Å². The summed E-state index contributed by atoms with van der Waals surface area (Å²) in [6.45, 7) is 0. The van der Waals surface area contributed by atoms with Crippen LogP contribution in [-0.4, -0.2) is 15.8 Å². The van der Waals surface area contributed by atoms with Crippen molar-refractivity contribution in [2.45, 2.75) is 0 Å². The first kappa shape index (κ1) is 12.3. The van der Waals surface area contributed by atoms with Crippen LogP contribution in [0.5, 0.6) is 0 Å². The molecule has 0 atom stereocenters. The first-order valence-electron chi connectivity index (χ1n) is 6.34. The van der Waals surface area contributed by atoms with E-state index in [1.54, 1.807) is 0 Å². The summed E-state index contributed by atoms with van der Waals surface area (Å²) in [5.41, 5.74) is 2.57. The van der Waals surface area contributed by atoms with Crippen molar-refractivity contribution < 1.29 is 0 Å². The Morgan fingerprint density at radius 2 is 0.895 bits per heavy atom. The van der Waals surface area contributed by atoms with Crippen molar-refractivity contribution in [3.63, 3.8) is 0 Å². The Bertz CT molecular complexity index is 628. The Kier molecular flexibility index (Phi) is 3.81. The molecule has 0 aliphatic rings. The minimum absolute atomic E-state index is 0.101. The van der Waals surface area contributed by atoms with Crippen LogP contribution in [0.2, 0.25) is 0 Å². The van der Waals surface area contributed by atoms with Gasteiger partial charge in [0.1, 0.15) is 0 Å². The number of rotatable bonds is 3. The molecule has 0 heterocycles. The molecule has 1 radical (unpaired) electrons. The molecule has 0 N–H and O–H groups in total. The second kappa shape index (κ2) is 5.91. The molecule has 0 unspecified atom stereocenters. The molecule has 19 heavy (non-hydrogen) atoms. The van der Waals surface area contributed by atoms with Gasteiger partial charge in [-0.2, -0.15) is 0 Å². The molecule has 1 heteroatoms. The molecule has 0 aromatic heterocycles. The van der Waals surface area contributed by atoms with E-state index < -0.39 is 0 Å². The molecule has 0 amide bonds. The Balaban J connectivity index is 1.80. The average Bonchev–Trinajstić information content (AvgIpc) is 2.50. The standard InChI is InChI=1S/C18H14As/c1-3-7-15(8-4-1)16-11-13-18(14-12-16)19-17-9-5-2-6-10-17/h1-14H. The summed E-state index contributed by atoms with van der Waals surface area (Å²) in [6.07, 6.45) is 0. The zero-order valence-corrected chi connectivity index (χ0v) is 12.4. The van der Waals surface area contributed by atoms with Crippen molar-refractivity contribution in [2.75, 3.05) is 0 Å². The van der Waals surface area contributed by atoms with Crippen LogP contribution >= 0.6 is 0 Å². The van der Waals surface area contributed by atoms with E-state index in [-0.39, 0.29) is 15.8 Å². The molecule has 0 saturated heterocycles. The maximum absolute atomic E-state index is 2.26. The number of hydrogen-bond acceptors (Lipinski definition) is 0. The van der Waals surface area contributed by atoms with Crippen molar-refractivity contribution >= 4 is 24.5 Å².